The van der Waals surface area contributed by atoms with E-state index in [4.69, 9.17) is 10.5 Å². The molecule has 0 saturated heterocycles. The molecular formula is C13H22N4O2. The van der Waals surface area contributed by atoms with Crippen LogP contribution >= 0.6 is 0 Å². The zero-order valence-electron chi connectivity index (χ0n) is 11.6. The number of nitrogens with zero attached hydrogens (tertiary/aromatic N) is 2. The smallest absolute Gasteiger partial charge is 0.231 e. The van der Waals surface area contributed by atoms with Crippen molar-refractivity contribution in [3.8, 4) is 0 Å². The van der Waals surface area contributed by atoms with Crippen molar-refractivity contribution in [3.63, 3.8) is 0 Å². The third kappa shape index (κ3) is 2.96. The van der Waals surface area contributed by atoms with Gasteiger partial charge >= 0.3 is 0 Å². The zero-order valence-corrected chi connectivity index (χ0v) is 11.6. The molecule has 2 rings (SSSR count). The van der Waals surface area contributed by atoms with Crippen molar-refractivity contribution in [2.45, 2.75) is 38.8 Å². The van der Waals surface area contributed by atoms with E-state index in [1.54, 1.807) is 24.2 Å². The van der Waals surface area contributed by atoms with E-state index >= 15 is 0 Å². The summed E-state index contributed by atoms with van der Waals surface area (Å²) in [4.78, 5) is 12.3. The number of methoxy groups -OCH3 is 1. The van der Waals surface area contributed by atoms with Gasteiger partial charge in [0.25, 0.3) is 0 Å². The highest BCUT2D eigenvalue weighted by Crippen LogP contribution is 2.37. The largest absolute Gasteiger partial charge is 0.383 e. The first-order valence-electron chi connectivity index (χ1n) is 6.64. The third-order valence-electron chi connectivity index (χ3n) is 3.96. The van der Waals surface area contributed by atoms with Crippen LogP contribution in [0.4, 0.5) is 5.69 Å². The van der Waals surface area contributed by atoms with E-state index in [1.807, 2.05) is 6.92 Å². The van der Waals surface area contributed by atoms with Gasteiger partial charge in [-0.25, -0.2) is 0 Å². The van der Waals surface area contributed by atoms with Crippen molar-refractivity contribution < 1.29 is 9.53 Å². The highest BCUT2D eigenvalue weighted by atomic mass is 16.5. The Morgan fingerprint density at radius 1 is 1.74 bits per heavy atom. The Kier molecular flexibility index (Phi) is 4.21. The van der Waals surface area contributed by atoms with E-state index in [1.165, 1.54) is 0 Å². The van der Waals surface area contributed by atoms with E-state index in [9.17, 15) is 4.79 Å². The van der Waals surface area contributed by atoms with Crippen LogP contribution in [0.3, 0.4) is 0 Å². The number of rotatable bonds is 5. The Hall–Kier alpha value is -1.40. The van der Waals surface area contributed by atoms with Crippen LogP contribution in [0.1, 0.15) is 26.2 Å². The molecule has 0 radical (unpaired) electrons. The van der Waals surface area contributed by atoms with Crippen LogP contribution < -0.4 is 11.1 Å². The first-order valence-corrected chi connectivity index (χ1v) is 6.64. The summed E-state index contributed by atoms with van der Waals surface area (Å²) in [5, 5.41) is 7.07. The topological polar surface area (TPSA) is 82.2 Å². The van der Waals surface area contributed by atoms with Crippen molar-refractivity contribution in [2.75, 3.05) is 19.0 Å². The summed E-state index contributed by atoms with van der Waals surface area (Å²) >= 11 is 0. The first kappa shape index (κ1) is 14.0. The Balaban J connectivity index is 1.97. The Morgan fingerprint density at radius 3 is 3.16 bits per heavy atom. The number of carbonyl (C=O) groups excluding carboxylic acids is 1. The van der Waals surface area contributed by atoms with Crippen LogP contribution in [0.15, 0.2) is 12.4 Å². The van der Waals surface area contributed by atoms with Crippen LogP contribution in [-0.2, 0) is 16.1 Å². The molecule has 0 aromatic carbocycles. The van der Waals surface area contributed by atoms with Crippen LogP contribution in [-0.4, -0.2) is 35.4 Å². The number of nitrogens with one attached hydrogen (secondary N) is 1. The Morgan fingerprint density at radius 2 is 2.53 bits per heavy atom. The number of ether oxygens (including phenoxy) is 1. The highest BCUT2D eigenvalue weighted by Gasteiger charge is 2.42. The summed E-state index contributed by atoms with van der Waals surface area (Å²) in [7, 11) is 1.65. The van der Waals surface area contributed by atoms with Gasteiger partial charge in [-0.2, -0.15) is 5.10 Å². The number of nitrogens with two attached hydrogens (primary N) is 1. The van der Waals surface area contributed by atoms with Crippen molar-refractivity contribution in [3.05, 3.63) is 12.4 Å². The molecule has 0 aliphatic heterocycles. The van der Waals surface area contributed by atoms with Gasteiger partial charge in [0, 0.05) is 19.3 Å². The van der Waals surface area contributed by atoms with E-state index in [2.05, 4.69) is 10.4 Å². The monoisotopic (exact) mass is 266 g/mol. The zero-order chi connectivity index (χ0) is 13.9. The average molecular weight is 266 g/mol. The lowest BCUT2D eigenvalue weighted by atomic mass is 9.84. The molecule has 0 spiro atoms. The van der Waals surface area contributed by atoms with Gasteiger partial charge in [-0.1, -0.05) is 6.42 Å². The third-order valence-corrected chi connectivity index (χ3v) is 3.96. The van der Waals surface area contributed by atoms with Crippen LogP contribution in [0.2, 0.25) is 0 Å². The molecule has 1 aromatic rings. The molecule has 1 aliphatic rings. The SMILES string of the molecule is COCCn1cc(NC(=O)C2(C)CCCC2N)cn1. The van der Waals surface area contributed by atoms with Crippen LogP contribution in [0.25, 0.3) is 0 Å². The van der Waals surface area contributed by atoms with Gasteiger partial charge in [0.15, 0.2) is 0 Å². The molecule has 1 saturated carbocycles. The number of anilines is 1. The molecule has 3 N–H and O–H groups in total. The molecule has 106 valence electrons. The lowest BCUT2D eigenvalue weighted by Gasteiger charge is -2.27. The summed E-state index contributed by atoms with van der Waals surface area (Å²) in [6.07, 6.45) is 6.23. The van der Waals surface area contributed by atoms with Crippen molar-refractivity contribution in [1.29, 1.82) is 0 Å². The van der Waals surface area contributed by atoms with E-state index in [0.29, 0.717) is 18.8 Å². The molecule has 6 nitrogen and oxygen atoms in total. The van der Waals surface area contributed by atoms with Gasteiger partial charge in [0.05, 0.1) is 30.5 Å². The van der Waals surface area contributed by atoms with E-state index in [0.717, 1.165) is 19.3 Å². The predicted octanol–water partition coefficient (Wildman–Crippen LogP) is 0.985. The molecule has 2 atom stereocenters. The van der Waals surface area contributed by atoms with Crippen LogP contribution in [0, 0.1) is 5.41 Å². The number of amides is 1. The van der Waals surface area contributed by atoms with Crippen molar-refractivity contribution in [2.24, 2.45) is 11.1 Å². The second-order valence-corrected chi connectivity index (χ2v) is 5.36. The Bertz CT molecular complexity index is 446. The average Bonchev–Trinajstić information content (AvgIpc) is 2.96. The highest BCUT2D eigenvalue weighted by molar-refractivity contribution is 5.95. The fraction of sp³-hybridized carbons (Fsp3) is 0.692. The minimum absolute atomic E-state index is 0.0104. The van der Waals surface area contributed by atoms with Crippen molar-refractivity contribution >= 4 is 11.6 Å². The molecule has 1 heterocycles. The van der Waals surface area contributed by atoms with Crippen LogP contribution in [0.5, 0.6) is 0 Å². The molecule has 0 bridgehead atoms. The number of hydrogen-bond acceptors (Lipinski definition) is 4. The molecule has 2 unspecified atom stereocenters. The van der Waals surface area contributed by atoms with Gasteiger partial charge in [0.1, 0.15) is 0 Å². The fourth-order valence-corrected chi connectivity index (χ4v) is 2.48. The molecule has 6 heteroatoms. The number of aromatic nitrogens is 2. The quantitative estimate of drug-likeness (QED) is 0.832. The minimum Gasteiger partial charge on any atom is -0.383 e. The first-order chi connectivity index (χ1) is 9.06. The molecule has 1 aromatic heterocycles. The summed E-state index contributed by atoms with van der Waals surface area (Å²) in [6, 6.07) is -0.0592. The summed E-state index contributed by atoms with van der Waals surface area (Å²) in [5.41, 5.74) is 6.29. The standard InChI is InChI=1S/C13H22N4O2/c1-13(5-3-4-11(13)14)12(18)16-10-8-15-17(9-10)6-7-19-2/h8-9,11H,3-7,14H2,1-2H3,(H,16,18). The van der Waals surface area contributed by atoms with Gasteiger partial charge in [-0.3, -0.25) is 9.48 Å². The van der Waals surface area contributed by atoms with Gasteiger partial charge in [-0.05, 0) is 19.8 Å². The molecular weight excluding hydrogens is 244 g/mol. The predicted molar refractivity (Wildman–Crippen MR) is 72.7 cm³/mol. The van der Waals surface area contributed by atoms with Gasteiger partial charge in [0.2, 0.25) is 5.91 Å². The maximum Gasteiger partial charge on any atom is 0.231 e. The van der Waals surface area contributed by atoms with Gasteiger partial charge < -0.3 is 15.8 Å². The normalized spacial score (nSPS) is 26.6. The summed E-state index contributed by atoms with van der Waals surface area (Å²) < 4.78 is 6.73. The Labute approximate surface area is 113 Å². The molecule has 1 aliphatic carbocycles. The van der Waals surface area contributed by atoms with E-state index < -0.39 is 5.41 Å². The second kappa shape index (κ2) is 5.71. The van der Waals surface area contributed by atoms with E-state index in [-0.39, 0.29) is 11.9 Å². The molecule has 19 heavy (non-hydrogen) atoms. The minimum atomic E-state index is -0.464. The summed E-state index contributed by atoms with van der Waals surface area (Å²) in [6.45, 7) is 3.20. The van der Waals surface area contributed by atoms with Crippen molar-refractivity contribution in [1.82, 2.24) is 9.78 Å². The second-order valence-electron chi connectivity index (χ2n) is 5.36. The maximum absolute atomic E-state index is 12.3. The summed E-state index contributed by atoms with van der Waals surface area (Å²) in [5.74, 6) is -0.0104. The lowest BCUT2D eigenvalue weighted by Crippen LogP contribution is -2.44. The van der Waals surface area contributed by atoms with Gasteiger partial charge in [-0.15, -0.1) is 0 Å². The number of carbonyl (C=O) groups is 1. The maximum atomic E-state index is 12.3. The lowest BCUT2D eigenvalue weighted by molar-refractivity contribution is -0.125. The number of hydrogen-bond donors (Lipinski definition) is 2. The fourth-order valence-electron chi connectivity index (χ4n) is 2.48. The molecule has 1 fully saturated rings. The molecule has 1 amide bonds.